The standard InChI is InChI=1S/C17H15ClO3Te/c1-20-13-8-9-14(21-2)16(10-13)22-15(11-17(18)19)12-6-4-3-5-7-12/h3-11H,1-2H3/b15-11-. The van der Waals surface area contributed by atoms with Gasteiger partial charge in [-0.05, 0) is 0 Å². The molecule has 3 nitrogen and oxygen atoms in total. The molecule has 114 valence electrons. The van der Waals surface area contributed by atoms with Crippen LogP contribution in [0.2, 0.25) is 0 Å². The molecule has 0 radical (unpaired) electrons. The van der Waals surface area contributed by atoms with E-state index in [2.05, 4.69) is 0 Å². The van der Waals surface area contributed by atoms with Gasteiger partial charge in [0.1, 0.15) is 0 Å². The second-order valence-electron chi connectivity index (χ2n) is 4.30. The van der Waals surface area contributed by atoms with Gasteiger partial charge in [-0.1, -0.05) is 0 Å². The summed E-state index contributed by atoms with van der Waals surface area (Å²) in [6.45, 7) is 0. The molecular weight excluding hydrogens is 415 g/mol. The monoisotopic (exact) mass is 432 g/mol. The van der Waals surface area contributed by atoms with Crippen molar-refractivity contribution < 1.29 is 14.3 Å². The van der Waals surface area contributed by atoms with E-state index in [-0.39, 0.29) is 0 Å². The van der Waals surface area contributed by atoms with Crippen LogP contribution < -0.4 is 13.1 Å². The van der Waals surface area contributed by atoms with Gasteiger partial charge in [0.25, 0.3) is 0 Å². The fourth-order valence-corrected chi connectivity index (χ4v) is 5.27. The summed E-state index contributed by atoms with van der Waals surface area (Å²) in [6, 6.07) is 15.5. The van der Waals surface area contributed by atoms with Gasteiger partial charge in [0.2, 0.25) is 0 Å². The Bertz CT molecular complexity index is 684. The van der Waals surface area contributed by atoms with Crippen LogP contribution in [0.15, 0.2) is 54.6 Å². The molecule has 22 heavy (non-hydrogen) atoms. The Morgan fingerprint density at radius 1 is 1.09 bits per heavy atom. The van der Waals surface area contributed by atoms with Gasteiger partial charge in [-0.15, -0.1) is 0 Å². The zero-order chi connectivity index (χ0) is 15.9. The zero-order valence-corrected chi connectivity index (χ0v) is 15.3. The van der Waals surface area contributed by atoms with Crippen LogP contribution in [0.4, 0.5) is 0 Å². The Morgan fingerprint density at radius 2 is 1.82 bits per heavy atom. The molecule has 0 fully saturated rings. The van der Waals surface area contributed by atoms with Gasteiger partial charge in [0.05, 0.1) is 0 Å². The molecule has 2 aromatic rings. The van der Waals surface area contributed by atoms with Gasteiger partial charge < -0.3 is 0 Å². The van der Waals surface area contributed by atoms with Gasteiger partial charge in [-0.25, -0.2) is 0 Å². The fourth-order valence-electron chi connectivity index (χ4n) is 1.86. The fraction of sp³-hybridized carbons (Fsp3) is 0.118. The Kier molecular flexibility index (Phi) is 6.33. The van der Waals surface area contributed by atoms with E-state index in [0.717, 1.165) is 24.3 Å². The van der Waals surface area contributed by atoms with E-state index in [0.29, 0.717) is 0 Å². The molecule has 0 heterocycles. The van der Waals surface area contributed by atoms with Crippen LogP contribution in [-0.4, -0.2) is 40.4 Å². The van der Waals surface area contributed by atoms with Crippen LogP contribution in [0.25, 0.3) is 3.62 Å². The van der Waals surface area contributed by atoms with Crippen LogP contribution in [0.5, 0.6) is 11.5 Å². The number of hydrogen-bond donors (Lipinski definition) is 0. The number of carbonyl (C=O) groups is 1. The summed E-state index contributed by atoms with van der Waals surface area (Å²) >= 11 is 4.71. The predicted octanol–water partition coefficient (Wildman–Crippen LogP) is 2.84. The van der Waals surface area contributed by atoms with Crippen LogP contribution in [0, 0.1) is 0 Å². The molecule has 0 aromatic heterocycles. The Balaban J connectivity index is 2.42. The molecule has 0 N–H and O–H groups in total. The number of halogens is 1. The first-order valence-corrected chi connectivity index (χ1v) is 9.21. The molecule has 0 aliphatic heterocycles. The molecule has 0 saturated heterocycles. The normalized spacial score (nSPS) is 11.1. The van der Waals surface area contributed by atoms with Crippen molar-refractivity contribution in [1.29, 1.82) is 0 Å². The molecule has 0 aliphatic carbocycles. The van der Waals surface area contributed by atoms with Gasteiger partial charge in [-0.2, -0.15) is 0 Å². The number of carbonyl (C=O) groups excluding carboxylic acids is 1. The first-order chi connectivity index (χ1) is 10.6. The van der Waals surface area contributed by atoms with E-state index >= 15 is 0 Å². The van der Waals surface area contributed by atoms with Crippen molar-refractivity contribution in [1.82, 2.24) is 0 Å². The molecule has 0 spiro atoms. The Labute approximate surface area is 145 Å². The molecule has 0 aliphatic rings. The molecular formula is C17H15ClO3Te. The maximum atomic E-state index is 11.3. The molecule has 0 amide bonds. The number of rotatable bonds is 6. The molecule has 0 atom stereocenters. The van der Waals surface area contributed by atoms with Gasteiger partial charge in [0.15, 0.2) is 0 Å². The topological polar surface area (TPSA) is 35.5 Å². The van der Waals surface area contributed by atoms with E-state index in [9.17, 15) is 4.79 Å². The number of benzene rings is 2. The number of ether oxygens (including phenoxy) is 2. The van der Waals surface area contributed by atoms with Crippen LogP contribution >= 0.6 is 11.6 Å². The quantitative estimate of drug-likeness (QED) is 0.402. The third-order valence-electron chi connectivity index (χ3n) is 2.89. The minimum absolute atomic E-state index is 0.467. The number of allylic oxidation sites excluding steroid dienone is 1. The summed E-state index contributed by atoms with van der Waals surface area (Å²) in [5.74, 6) is 1.57. The van der Waals surface area contributed by atoms with E-state index in [4.69, 9.17) is 21.1 Å². The third-order valence-corrected chi connectivity index (χ3v) is 6.18. The van der Waals surface area contributed by atoms with Crippen molar-refractivity contribution >= 4 is 45.0 Å². The van der Waals surface area contributed by atoms with E-state index in [1.807, 2.05) is 48.5 Å². The zero-order valence-electron chi connectivity index (χ0n) is 12.2. The second kappa shape index (κ2) is 8.24. The molecule has 2 rings (SSSR count). The first kappa shape index (κ1) is 16.9. The maximum absolute atomic E-state index is 11.3. The van der Waals surface area contributed by atoms with Crippen LogP contribution in [0.1, 0.15) is 5.56 Å². The van der Waals surface area contributed by atoms with E-state index < -0.39 is 26.2 Å². The summed E-state index contributed by atoms with van der Waals surface area (Å²) in [6.07, 6.45) is 1.50. The van der Waals surface area contributed by atoms with Gasteiger partial charge in [-0.3, -0.25) is 0 Å². The minimum atomic E-state index is -0.864. The molecule has 0 unspecified atom stereocenters. The van der Waals surface area contributed by atoms with Crippen molar-refractivity contribution in [3.05, 3.63) is 60.2 Å². The molecule has 2 aromatic carbocycles. The average molecular weight is 430 g/mol. The Morgan fingerprint density at radius 3 is 2.41 bits per heavy atom. The van der Waals surface area contributed by atoms with Crippen LogP contribution in [-0.2, 0) is 4.79 Å². The molecule has 5 heteroatoms. The average Bonchev–Trinajstić information content (AvgIpc) is 2.54. The van der Waals surface area contributed by atoms with Crippen molar-refractivity contribution in [2.24, 2.45) is 0 Å². The third kappa shape index (κ3) is 4.51. The summed E-state index contributed by atoms with van der Waals surface area (Å²) in [5, 5.41) is -0.467. The number of methoxy groups -OCH3 is 2. The summed E-state index contributed by atoms with van der Waals surface area (Å²) in [7, 11) is 3.26. The molecule has 0 bridgehead atoms. The van der Waals surface area contributed by atoms with Crippen molar-refractivity contribution in [2.75, 3.05) is 14.2 Å². The van der Waals surface area contributed by atoms with Crippen molar-refractivity contribution in [2.45, 2.75) is 0 Å². The first-order valence-electron chi connectivity index (χ1n) is 6.50. The Hall–Kier alpha value is -1.47. The van der Waals surface area contributed by atoms with E-state index in [1.165, 1.54) is 6.08 Å². The number of hydrogen-bond acceptors (Lipinski definition) is 3. The SMILES string of the molecule is COc1ccc(OC)c([Te]/C(=C\C(=O)Cl)c2ccccc2)c1. The predicted molar refractivity (Wildman–Crippen MR) is 90.2 cm³/mol. The van der Waals surface area contributed by atoms with Crippen LogP contribution in [0.3, 0.4) is 0 Å². The van der Waals surface area contributed by atoms with Gasteiger partial charge in [0, 0.05) is 0 Å². The summed E-state index contributed by atoms with van der Waals surface area (Å²) in [4.78, 5) is 11.3. The summed E-state index contributed by atoms with van der Waals surface area (Å²) < 4.78 is 12.7. The summed E-state index contributed by atoms with van der Waals surface area (Å²) in [5.41, 5.74) is 1.00. The van der Waals surface area contributed by atoms with E-state index in [1.54, 1.807) is 14.2 Å². The molecule has 0 saturated carbocycles. The van der Waals surface area contributed by atoms with Crippen molar-refractivity contribution in [3.8, 4) is 11.5 Å². The van der Waals surface area contributed by atoms with Crippen molar-refractivity contribution in [3.63, 3.8) is 0 Å². The second-order valence-corrected chi connectivity index (χ2v) is 7.76. The van der Waals surface area contributed by atoms with Gasteiger partial charge >= 0.3 is 145 Å².